The van der Waals surface area contributed by atoms with Gasteiger partial charge in [0.05, 0.1) is 0 Å². The number of hydrogen-bond acceptors (Lipinski definition) is 3. The van der Waals surface area contributed by atoms with Crippen LogP contribution < -0.4 is 5.73 Å². The third kappa shape index (κ3) is 2.94. The van der Waals surface area contributed by atoms with Crippen LogP contribution in [0.25, 0.3) is 0 Å². The number of halogens is 1. The lowest BCUT2D eigenvalue weighted by atomic mass is 10.0. The van der Waals surface area contributed by atoms with E-state index in [-0.39, 0.29) is 0 Å². The lowest BCUT2D eigenvalue weighted by Gasteiger charge is -2.43. The Kier molecular flexibility index (Phi) is 4.78. The highest BCUT2D eigenvalue weighted by Gasteiger charge is 2.28. The zero-order chi connectivity index (χ0) is 13.1. The van der Waals surface area contributed by atoms with E-state index < -0.39 is 0 Å². The summed E-state index contributed by atoms with van der Waals surface area (Å²) < 4.78 is 1.16. The quantitative estimate of drug-likeness (QED) is 0.927. The Labute approximate surface area is 118 Å². The van der Waals surface area contributed by atoms with Crippen molar-refractivity contribution in [3.8, 4) is 0 Å². The zero-order valence-corrected chi connectivity index (χ0v) is 12.7. The number of benzene rings is 1. The van der Waals surface area contributed by atoms with E-state index in [9.17, 15) is 0 Å². The monoisotopic (exact) mass is 311 g/mol. The molecular formula is C14H22BrN3. The molecule has 2 atom stereocenters. The average molecular weight is 312 g/mol. The van der Waals surface area contributed by atoms with Crippen molar-refractivity contribution in [3.05, 3.63) is 34.3 Å². The van der Waals surface area contributed by atoms with Crippen LogP contribution in [0, 0.1) is 0 Å². The molecule has 0 aromatic heterocycles. The fraction of sp³-hybridized carbons (Fsp3) is 0.571. The van der Waals surface area contributed by atoms with Crippen LogP contribution in [0.3, 0.4) is 0 Å². The van der Waals surface area contributed by atoms with Gasteiger partial charge >= 0.3 is 0 Å². The molecule has 0 amide bonds. The van der Waals surface area contributed by atoms with E-state index in [0.717, 1.165) is 24.1 Å². The van der Waals surface area contributed by atoms with Crippen molar-refractivity contribution in [1.82, 2.24) is 9.80 Å². The first-order valence-electron chi connectivity index (χ1n) is 6.52. The summed E-state index contributed by atoms with van der Waals surface area (Å²) in [7, 11) is 2.18. The van der Waals surface area contributed by atoms with Crippen LogP contribution in [0.5, 0.6) is 0 Å². The summed E-state index contributed by atoms with van der Waals surface area (Å²) in [5.41, 5.74) is 7.33. The first-order valence-corrected chi connectivity index (χ1v) is 7.31. The second-order valence-electron chi connectivity index (χ2n) is 5.12. The minimum absolute atomic E-state index is 0.310. The molecule has 2 unspecified atom stereocenters. The van der Waals surface area contributed by atoms with Gasteiger partial charge in [-0.2, -0.15) is 0 Å². The Morgan fingerprint density at radius 1 is 1.39 bits per heavy atom. The summed E-state index contributed by atoms with van der Waals surface area (Å²) in [6.45, 7) is 6.26. The van der Waals surface area contributed by atoms with Crippen molar-refractivity contribution in [2.24, 2.45) is 5.73 Å². The highest BCUT2D eigenvalue weighted by molar-refractivity contribution is 9.10. The van der Waals surface area contributed by atoms with Crippen LogP contribution in [0.15, 0.2) is 28.7 Å². The summed E-state index contributed by atoms with van der Waals surface area (Å²) in [6, 6.07) is 9.26. The second kappa shape index (κ2) is 6.15. The van der Waals surface area contributed by atoms with Crippen molar-refractivity contribution in [2.45, 2.75) is 19.0 Å². The molecular weight excluding hydrogens is 290 g/mol. The van der Waals surface area contributed by atoms with Gasteiger partial charge < -0.3 is 10.6 Å². The van der Waals surface area contributed by atoms with E-state index in [4.69, 9.17) is 5.73 Å². The fourth-order valence-corrected chi connectivity index (χ4v) is 3.35. The molecule has 0 aliphatic carbocycles. The van der Waals surface area contributed by atoms with Crippen molar-refractivity contribution in [3.63, 3.8) is 0 Å². The van der Waals surface area contributed by atoms with E-state index >= 15 is 0 Å². The highest BCUT2D eigenvalue weighted by atomic mass is 79.9. The molecule has 3 nitrogen and oxygen atoms in total. The van der Waals surface area contributed by atoms with E-state index in [0.29, 0.717) is 18.6 Å². The van der Waals surface area contributed by atoms with Crippen LogP contribution in [0.4, 0.5) is 0 Å². The zero-order valence-electron chi connectivity index (χ0n) is 11.1. The fourth-order valence-electron chi connectivity index (χ4n) is 2.80. The molecule has 2 rings (SSSR count). The van der Waals surface area contributed by atoms with Gasteiger partial charge in [-0.15, -0.1) is 0 Å². The van der Waals surface area contributed by atoms with Gasteiger partial charge in [0.25, 0.3) is 0 Å². The maximum absolute atomic E-state index is 6.03. The van der Waals surface area contributed by atoms with Crippen LogP contribution in [-0.2, 0) is 0 Å². The highest BCUT2D eigenvalue weighted by Crippen LogP contribution is 2.29. The molecule has 1 aliphatic heterocycles. The molecule has 0 saturated carbocycles. The van der Waals surface area contributed by atoms with E-state index in [1.807, 2.05) is 0 Å². The SMILES string of the molecule is CC1CN(C)CCN1C(CN)c1ccccc1Br. The molecule has 1 aromatic carbocycles. The van der Waals surface area contributed by atoms with Crippen molar-refractivity contribution < 1.29 is 0 Å². The summed E-state index contributed by atoms with van der Waals surface area (Å²) in [4.78, 5) is 4.91. The third-order valence-electron chi connectivity index (χ3n) is 3.77. The Hall–Kier alpha value is -0.420. The van der Waals surface area contributed by atoms with Crippen LogP contribution in [0.1, 0.15) is 18.5 Å². The van der Waals surface area contributed by atoms with Gasteiger partial charge in [-0.3, -0.25) is 4.90 Å². The number of piperazine rings is 1. The van der Waals surface area contributed by atoms with E-state index in [1.165, 1.54) is 5.56 Å². The summed E-state index contributed by atoms with van der Waals surface area (Å²) in [5, 5.41) is 0. The molecule has 0 radical (unpaired) electrons. The molecule has 4 heteroatoms. The summed E-state index contributed by atoms with van der Waals surface area (Å²) >= 11 is 3.64. The van der Waals surface area contributed by atoms with E-state index in [2.05, 4.69) is 64.0 Å². The Balaban J connectivity index is 2.21. The topological polar surface area (TPSA) is 32.5 Å². The molecule has 1 aromatic rings. The number of nitrogens with zero attached hydrogens (tertiary/aromatic N) is 2. The van der Waals surface area contributed by atoms with Crippen molar-refractivity contribution >= 4 is 15.9 Å². The molecule has 100 valence electrons. The Morgan fingerprint density at radius 3 is 2.72 bits per heavy atom. The lowest BCUT2D eigenvalue weighted by molar-refractivity contribution is 0.0633. The predicted molar refractivity (Wildman–Crippen MR) is 79.6 cm³/mol. The molecule has 1 saturated heterocycles. The molecule has 0 bridgehead atoms. The Morgan fingerprint density at radius 2 is 2.11 bits per heavy atom. The molecule has 18 heavy (non-hydrogen) atoms. The average Bonchev–Trinajstić information content (AvgIpc) is 2.34. The van der Waals surface area contributed by atoms with Gasteiger partial charge in [0.1, 0.15) is 0 Å². The maximum Gasteiger partial charge on any atom is 0.0485 e. The van der Waals surface area contributed by atoms with Gasteiger partial charge in [-0.05, 0) is 25.6 Å². The molecule has 1 aliphatic rings. The second-order valence-corrected chi connectivity index (χ2v) is 5.98. The molecule has 1 fully saturated rings. The first-order chi connectivity index (χ1) is 8.63. The van der Waals surface area contributed by atoms with E-state index in [1.54, 1.807) is 0 Å². The number of likely N-dealkylation sites (N-methyl/N-ethyl adjacent to an activating group) is 1. The van der Waals surface area contributed by atoms with Gasteiger partial charge in [0, 0.05) is 42.7 Å². The van der Waals surface area contributed by atoms with Crippen LogP contribution in [0.2, 0.25) is 0 Å². The standard InChI is InChI=1S/C14H22BrN3/c1-11-10-17(2)7-8-18(11)14(9-16)12-5-3-4-6-13(12)15/h3-6,11,14H,7-10,16H2,1-2H3. The van der Waals surface area contributed by atoms with Gasteiger partial charge in [0.15, 0.2) is 0 Å². The van der Waals surface area contributed by atoms with Crippen LogP contribution >= 0.6 is 15.9 Å². The maximum atomic E-state index is 6.03. The third-order valence-corrected chi connectivity index (χ3v) is 4.49. The number of rotatable bonds is 3. The van der Waals surface area contributed by atoms with Crippen molar-refractivity contribution in [1.29, 1.82) is 0 Å². The number of nitrogens with two attached hydrogens (primary N) is 1. The minimum atomic E-state index is 0.310. The van der Waals surface area contributed by atoms with Gasteiger partial charge in [0.2, 0.25) is 0 Å². The normalized spacial score (nSPS) is 24.1. The Bertz CT molecular complexity index is 396. The lowest BCUT2D eigenvalue weighted by Crippen LogP contribution is -2.52. The minimum Gasteiger partial charge on any atom is -0.329 e. The predicted octanol–water partition coefficient (Wildman–Crippen LogP) is 2.08. The summed E-state index contributed by atoms with van der Waals surface area (Å²) in [5.74, 6) is 0. The first kappa shape index (κ1) is 14.0. The smallest absolute Gasteiger partial charge is 0.0485 e. The van der Waals surface area contributed by atoms with Gasteiger partial charge in [-0.1, -0.05) is 34.1 Å². The molecule has 1 heterocycles. The largest absolute Gasteiger partial charge is 0.329 e. The van der Waals surface area contributed by atoms with Crippen LogP contribution in [-0.4, -0.2) is 49.1 Å². The molecule has 0 spiro atoms. The molecule has 2 N–H and O–H groups in total. The summed E-state index contributed by atoms with van der Waals surface area (Å²) in [6.07, 6.45) is 0. The van der Waals surface area contributed by atoms with Gasteiger partial charge in [-0.25, -0.2) is 0 Å². The van der Waals surface area contributed by atoms with Crippen molar-refractivity contribution in [2.75, 3.05) is 33.2 Å². The number of hydrogen-bond donors (Lipinski definition) is 1.